The molecule has 1 aromatic heterocycles. The zero-order chi connectivity index (χ0) is 19.5. The number of carbonyl (C=O) groups is 2. The summed E-state index contributed by atoms with van der Waals surface area (Å²) in [7, 11) is -6.02. The van der Waals surface area contributed by atoms with Crippen LogP contribution in [0.5, 0.6) is 0 Å². The van der Waals surface area contributed by atoms with E-state index in [1.54, 1.807) is 0 Å². The number of hydrogen-bond donors (Lipinski definition) is 0. The second-order valence-electron chi connectivity index (χ2n) is 5.01. The first-order valence-electron chi connectivity index (χ1n) is 7.29. The van der Waals surface area contributed by atoms with Crippen LogP contribution in [0.2, 0.25) is 0 Å². The van der Waals surface area contributed by atoms with Gasteiger partial charge in [0.1, 0.15) is 6.61 Å². The van der Waals surface area contributed by atoms with Crippen molar-refractivity contribution in [1.82, 2.24) is 4.90 Å². The van der Waals surface area contributed by atoms with Crippen molar-refractivity contribution in [2.45, 2.75) is 19.0 Å². The SMILES string of the molecule is CCOC(=O)N(c1ccsc1CN1CCOCC1=O)S(=O)(=O)C(F)(F)F. The van der Waals surface area contributed by atoms with Crippen molar-refractivity contribution >= 4 is 39.0 Å². The smallest absolute Gasteiger partial charge is 0.449 e. The molecule has 0 radical (unpaired) electrons. The molecule has 1 aromatic rings. The van der Waals surface area contributed by atoms with Gasteiger partial charge in [-0.05, 0) is 18.4 Å². The largest absolute Gasteiger partial charge is 0.517 e. The molecule has 26 heavy (non-hydrogen) atoms. The molecule has 0 bridgehead atoms. The molecule has 0 aromatic carbocycles. The minimum Gasteiger partial charge on any atom is -0.449 e. The zero-order valence-electron chi connectivity index (χ0n) is 13.5. The number of nitrogens with zero attached hydrogens (tertiary/aromatic N) is 2. The number of amides is 2. The lowest BCUT2D eigenvalue weighted by Crippen LogP contribution is -2.45. The van der Waals surface area contributed by atoms with Gasteiger partial charge in [-0.15, -0.1) is 11.3 Å². The third-order valence-electron chi connectivity index (χ3n) is 3.33. The van der Waals surface area contributed by atoms with Gasteiger partial charge < -0.3 is 14.4 Å². The second-order valence-corrected chi connectivity index (χ2v) is 7.79. The number of carbonyl (C=O) groups excluding carboxylic acids is 2. The predicted molar refractivity (Wildman–Crippen MR) is 85.0 cm³/mol. The average Bonchev–Trinajstić information content (AvgIpc) is 2.96. The van der Waals surface area contributed by atoms with Gasteiger partial charge >= 0.3 is 21.6 Å². The van der Waals surface area contributed by atoms with E-state index >= 15 is 0 Å². The number of anilines is 1. The van der Waals surface area contributed by atoms with Crippen LogP contribution in [0.15, 0.2) is 11.4 Å². The highest BCUT2D eigenvalue weighted by Gasteiger charge is 2.53. The molecule has 2 rings (SSSR count). The first-order valence-corrected chi connectivity index (χ1v) is 9.61. The number of rotatable bonds is 5. The summed E-state index contributed by atoms with van der Waals surface area (Å²) < 4.78 is 71.8. The van der Waals surface area contributed by atoms with Gasteiger partial charge in [-0.25, -0.2) is 4.79 Å². The standard InChI is InChI=1S/C13H15F3N2O6S2/c1-2-24-12(20)18(26(21,22)13(14,15)16)9-3-6-25-10(9)7-17-4-5-23-8-11(17)19/h3,6H,2,4-5,7-8H2,1H3. The topological polar surface area (TPSA) is 93.2 Å². The molecule has 2 heterocycles. The Morgan fingerprint density at radius 2 is 2.15 bits per heavy atom. The third-order valence-corrected chi connectivity index (χ3v) is 5.63. The maximum absolute atomic E-state index is 13.0. The van der Waals surface area contributed by atoms with Crippen LogP contribution in [0.1, 0.15) is 11.8 Å². The first-order chi connectivity index (χ1) is 12.1. The van der Waals surface area contributed by atoms with E-state index in [1.807, 2.05) is 0 Å². The quantitative estimate of drug-likeness (QED) is 0.728. The summed E-state index contributed by atoms with van der Waals surface area (Å²) in [5, 5.41) is 1.33. The fraction of sp³-hybridized carbons (Fsp3) is 0.538. The Morgan fingerprint density at radius 3 is 2.73 bits per heavy atom. The molecule has 0 unspecified atom stereocenters. The molecule has 0 saturated carbocycles. The van der Waals surface area contributed by atoms with Crippen LogP contribution < -0.4 is 4.31 Å². The van der Waals surface area contributed by atoms with Crippen LogP contribution >= 0.6 is 11.3 Å². The molecule has 146 valence electrons. The lowest BCUT2D eigenvalue weighted by atomic mass is 10.3. The molecule has 0 atom stereocenters. The number of halogens is 3. The van der Waals surface area contributed by atoms with E-state index in [1.165, 1.54) is 17.2 Å². The second kappa shape index (κ2) is 7.80. The Balaban J connectivity index is 2.42. The fourth-order valence-corrected chi connectivity index (χ4v) is 3.95. The van der Waals surface area contributed by atoms with E-state index in [9.17, 15) is 31.2 Å². The van der Waals surface area contributed by atoms with Gasteiger partial charge in [0.25, 0.3) is 0 Å². The molecular formula is C13H15F3N2O6S2. The van der Waals surface area contributed by atoms with E-state index < -0.39 is 37.5 Å². The van der Waals surface area contributed by atoms with E-state index in [2.05, 4.69) is 4.74 Å². The van der Waals surface area contributed by atoms with E-state index in [0.717, 1.165) is 17.4 Å². The summed E-state index contributed by atoms with van der Waals surface area (Å²) in [6, 6.07) is 1.06. The highest BCUT2D eigenvalue weighted by molar-refractivity contribution is 7.94. The highest BCUT2D eigenvalue weighted by Crippen LogP contribution is 2.36. The van der Waals surface area contributed by atoms with Crippen molar-refractivity contribution < 1.29 is 40.7 Å². The lowest BCUT2D eigenvalue weighted by Gasteiger charge is -2.28. The van der Waals surface area contributed by atoms with Crippen molar-refractivity contribution in [3.8, 4) is 0 Å². The summed E-state index contributed by atoms with van der Waals surface area (Å²) in [6.45, 7) is 1.12. The van der Waals surface area contributed by atoms with E-state index in [-0.39, 0.29) is 37.8 Å². The summed E-state index contributed by atoms with van der Waals surface area (Å²) in [5.74, 6) is -0.392. The van der Waals surface area contributed by atoms with Crippen molar-refractivity contribution in [2.75, 3.05) is 30.7 Å². The normalized spacial score (nSPS) is 15.8. The van der Waals surface area contributed by atoms with Gasteiger partial charge in [0.15, 0.2) is 0 Å². The monoisotopic (exact) mass is 416 g/mol. The number of morpholine rings is 1. The Kier molecular flexibility index (Phi) is 6.13. The lowest BCUT2D eigenvalue weighted by molar-refractivity contribution is -0.143. The predicted octanol–water partition coefficient (Wildman–Crippen LogP) is 1.92. The van der Waals surface area contributed by atoms with E-state index in [0.29, 0.717) is 0 Å². The van der Waals surface area contributed by atoms with Crippen LogP contribution in [-0.2, 0) is 30.8 Å². The van der Waals surface area contributed by atoms with Crippen LogP contribution in [0.4, 0.5) is 23.7 Å². The zero-order valence-corrected chi connectivity index (χ0v) is 15.1. The number of hydrogen-bond acceptors (Lipinski definition) is 7. The number of alkyl halides is 3. The minimum absolute atomic E-state index is 0.0983. The third kappa shape index (κ3) is 4.10. The number of sulfonamides is 1. The Bertz CT molecular complexity index is 777. The van der Waals surface area contributed by atoms with Gasteiger partial charge in [-0.2, -0.15) is 25.9 Å². The summed E-state index contributed by atoms with van der Waals surface area (Å²) in [6.07, 6.45) is -1.67. The van der Waals surface area contributed by atoms with Crippen LogP contribution in [0.25, 0.3) is 0 Å². The summed E-state index contributed by atoms with van der Waals surface area (Å²) in [5.41, 5.74) is -6.20. The summed E-state index contributed by atoms with van der Waals surface area (Å²) in [4.78, 5) is 25.2. The Labute approximate surface area is 151 Å². The highest BCUT2D eigenvalue weighted by atomic mass is 32.2. The van der Waals surface area contributed by atoms with Gasteiger partial charge in [0.05, 0.1) is 25.4 Å². The average molecular weight is 416 g/mol. The van der Waals surface area contributed by atoms with Crippen molar-refractivity contribution in [2.24, 2.45) is 0 Å². The molecule has 1 aliphatic heterocycles. The molecule has 0 aliphatic carbocycles. The van der Waals surface area contributed by atoms with Gasteiger partial charge in [0, 0.05) is 11.4 Å². The van der Waals surface area contributed by atoms with E-state index in [4.69, 9.17) is 4.74 Å². The maximum Gasteiger partial charge on any atom is 0.517 e. The molecule has 0 N–H and O–H groups in total. The minimum atomic E-state index is -6.02. The molecule has 1 aliphatic rings. The van der Waals surface area contributed by atoms with Crippen molar-refractivity contribution in [3.05, 3.63) is 16.3 Å². The fourth-order valence-electron chi connectivity index (χ4n) is 2.14. The summed E-state index contributed by atoms with van der Waals surface area (Å²) >= 11 is 0.920. The molecule has 0 spiro atoms. The molecule has 1 saturated heterocycles. The van der Waals surface area contributed by atoms with Gasteiger partial charge in [-0.1, -0.05) is 0 Å². The molecule has 2 amide bonds. The Morgan fingerprint density at radius 1 is 1.46 bits per heavy atom. The molecule has 1 fully saturated rings. The first kappa shape index (κ1) is 20.5. The Hall–Kier alpha value is -1.86. The molecule has 8 nitrogen and oxygen atoms in total. The number of ether oxygens (including phenoxy) is 2. The van der Waals surface area contributed by atoms with Gasteiger partial charge in [0.2, 0.25) is 5.91 Å². The maximum atomic E-state index is 13.0. The van der Waals surface area contributed by atoms with Crippen LogP contribution in [0.3, 0.4) is 0 Å². The van der Waals surface area contributed by atoms with Crippen LogP contribution in [0, 0.1) is 0 Å². The van der Waals surface area contributed by atoms with Crippen molar-refractivity contribution in [1.29, 1.82) is 0 Å². The number of thiophene rings is 1. The molecular weight excluding hydrogens is 401 g/mol. The van der Waals surface area contributed by atoms with Gasteiger partial charge in [-0.3, -0.25) is 4.79 Å². The van der Waals surface area contributed by atoms with Crippen LogP contribution in [-0.4, -0.2) is 57.2 Å². The van der Waals surface area contributed by atoms with Crippen molar-refractivity contribution in [3.63, 3.8) is 0 Å². The molecule has 13 heteroatoms.